The highest BCUT2D eigenvalue weighted by Crippen LogP contribution is 2.17. The van der Waals surface area contributed by atoms with Crippen molar-refractivity contribution in [3.63, 3.8) is 0 Å². The summed E-state index contributed by atoms with van der Waals surface area (Å²) >= 11 is 2.10. The number of carbonyl (C=O) groups is 1. The molecular formula is C13H18IN3O. The van der Waals surface area contributed by atoms with E-state index in [9.17, 15) is 4.79 Å². The fraction of sp³-hybridized carbons (Fsp3) is 0.462. The van der Waals surface area contributed by atoms with Crippen LogP contribution in [0.3, 0.4) is 0 Å². The molecule has 0 aliphatic carbocycles. The van der Waals surface area contributed by atoms with E-state index in [-0.39, 0.29) is 6.03 Å². The van der Waals surface area contributed by atoms with Gasteiger partial charge < -0.3 is 10.6 Å². The second-order valence-corrected chi connectivity index (χ2v) is 5.70. The fourth-order valence-corrected chi connectivity index (χ4v) is 2.76. The van der Waals surface area contributed by atoms with Crippen LogP contribution < -0.4 is 10.6 Å². The molecule has 0 radical (unpaired) electrons. The molecule has 0 spiro atoms. The molecule has 4 nitrogen and oxygen atoms in total. The van der Waals surface area contributed by atoms with Crippen LogP contribution in [0.15, 0.2) is 30.3 Å². The lowest BCUT2D eigenvalue weighted by atomic mass is 9.98. The van der Waals surface area contributed by atoms with Gasteiger partial charge in [0.05, 0.1) is 22.9 Å². The van der Waals surface area contributed by atoms with Gasteiger partial charge in [0.15, 0.2) is 0 Å². The normalized spacial score (nSPS) is 16.3. The van der Waals surface area contributed by atoms with Gasteiger partial charge in [0.1, 0.15) is 0 Å². The van der Waals surface area contributed by atoms with Gasteiger partial charge in [-0.25, -0.2) is 4.79 Å². The predicted molar refractivity (Wildman–Crippen MR) is 81.8 cm³/mol. The maximum absolute atomic E-state index is 12.0. The molecular weight excluding hydrogens is 341 g/mol. The van der Waals surface area contributed by atoms with Crippen molar-refractivity contribution in [1.82, 2.24) is 8.43 Å². The van der Waals surface area contributed by atoms with Gasteiger partial charge >= 0.3 is 6.03 Å². The maximum Gasteiger partial charge on any atom is 0.330 e. The minimum absolute atomic E-state index is 0.0414. The van der Waals surface area contributed by atoms with Gasteiger partial charge in [-0.3, -0.25) is 3.11 Å². The maximum atomic E-state index is 12.0. The molecule has 18 heavy (non-hydrogen) atoms. The molecule has 1 aromatic carbocycles. The molecule has 0 aromatic heterocycles. The number of halogens is 1. The summed E-state index contributed by atoms with van der Waals surface area (Å²) in [5, 5.41) is 6.23. The number of para-hydroxylation sites is 1. The van der Waals surface area contributed by atoms with E-state index in [4.69, 9.17) is 0 Å². The topological polar surface area (TPSA) is 44.4 Å². The molecule has 1 aliphatic rings. The van der Waals surface area contributed by atoms with Crippen molar-refractivity contribution in [3.8, 4) is 0 Å². The van der Waals surface area contributed by atoms with Crippen LogP contribution in [0.2, 0.25) is 0 Å². The van der Waals surface area contributed by atoms with E-state index < -0.39 is 0 Å². The highest BCUT2D eigenvalue weighted by molar-refractivity contribution is 14.1. The van der Waals surface area contributed by atoms with Crippen LogP contribution in [0, 0.1) is 5.92 Å². The molecule has 1 fully saturated rings. The van der Waals surface area contributed by atoms with Crippen LogP contribution >= 0.6 is 22.9 Å². The van der Waals surface area contributed by atoms with Crippen LogP contribution in [0.5, 0.6) is 0 Å². The highest BCUT2D eigenvalue weighted by Gasteiger charge is 2.19. The van der Waals surface area contributed by atoms with Crippen LogP contribution in [0.25, 0.3) is 0 Å². The van der Waals surface area contributed by atoms with Crippen LogP contribution in [-0.2, 0) is 0 Å². The second-order valence-electron chi connectivity index (χ2n) is 4.53. The number of anilines is 1. The summed E-state index contributed by atoms with van der Waals surface area (Å²) in [5.41, 5.74) is 0.842. The zero-order chi connectivity index (χ0) is 12.8. The Morgan fingerprint density at radius 2 is 2.00 bits per heavy atom. The summed E-state index contributed by atoms with van der Waals surface area (Å²) in [4.78, 5) is 12.0. The lowest BCUT2D eigenvalue weighted by Gasteiger charge is -2.26. The quantitative estimate of drug-likeness (QED) is 0.644. The van der Waals surface area contributed by atoms with Crippen molar-refractivity contribution < 1.29 is 4.79 Å². The number of urea groups is 1. The van der Waals surface area contributed by atoms with Gasteiger partial charge in [0.25, 0.3) is 0 Å². The Labute approximate surface area is 122 Å². The van der Waals surface area contributed by atoms with Crippen molar-refractivity contribution in [2.24, 2.45) is 5.92 Å². The molecule has 0 atom stereocenters. The SMILES string of the molecule is O=C(Nc1ccccc1)N(I)CC1CCNCC1. The molecule has 5 heteroatoms. The van der Waals surface area contributed by atoms with Gasteiger partial charge in [-0.15, -0.1) is 0 Å². The minimum Gasteiger partial charge on any atom is -0.317 e. The molecule has 0 saturated carbocycles. The number of rotatable bonds is 3. The monoisotopic (exact) mass is 359 g/mol. The van der Waals surface area contributed by atoms with E-state index in [1.54, 1.807) is 3.11 Å². The Balaban J connectivity index is 1.81. The first-order chi connectivity index (χ1) is 8.75. The van der Waals surface area contributed by atoms with E-state index in [0.717, 1.165) is 38.2 Å². The molecule has 0 bridgehead atoms. The zero-order valence-corrected chi connectivity index (χ0v) is 12.4. The number of benzene rings is 1. The Bertz CT molecular complexity index is 379. The lowest BCUT2D eigenvalue weighted by Crippen LogP contribution is -2.36. The number of hydrogen-bond donors (Lipinski definition) is 2. The number of piperidine rings is 1. The first-order valence-electron chi connectivity index (χ1n) is 6.26. The largest absolute Gasteiger partial charge is 0.330 e. The van der Waals surface area contributed by atoms with Crippen molar-refractivity contribution in [1.29, 1.82) is 0 Å². The van der Waals surface area contributed by atoms with Crippen molar-refractivity contribution in [2.45, 2.75) is 12.8 Å². The number of carbonyl (C=O) groups excluding carboxylic acids is 1. The van der Waals surface area contributed by atoms with E-state index in [0.29, 0.717) is 5.92 Å². The molecule has 1 aliphatic heterocycles. The van der Waals surface area contributed by atoms with Crippen LogP contribution in [0.4, 0.5) is 10.5 Å². The third kappa shape index (κ3) is 4.13. The van der Waals surface area contributed by atoms with Gasteiger partial charge in [0, 0.05) is 12.2 Å². The summed E-state index contributed by atoms with van der Waals surface area (Å²) in [5.74, 6) is 0.615. The van der Waals surface area contributed by atoms with Gasteiger partial charge in [-0.05, 0) is 44.0 Å². The molecule has 1 heterocycles. The number of nitrogens with zero attached hydrogens (tertiary/aromatic N) is 1. The molecule has 2 N–H and O–H groups in total. The smallest absolute Gasteiger partial charge is 0.317 e. The average molecular weight is 359 g/mol. The molecule has 1 aromatic rings. The predicted octanol–water partition coefficient (Wildman–Crippen LogP) is 2.87. The first-order valence-corrected chi connectivity index (χ1v) is 7.22. The average Bonchev–Trinajstić information content (AvgIpc) is 2.41. The Morgan fingerprint density at radius 1 is 1.33 bits per heavy atom. The summed E-state index contributed by atoms with van der Waals surface area (Å²) in [6.45, 7) is 2.95. The minimum atomic E-state index is -0.0414. The van der Waals surface area contributed by atoms with E-state index >= 15 is 0 Å². The van der Waals surface area contributed by atoms with Gasteiger partial charge in [-0.2, -0.15) is 0 Å². The van der Waals surface area contributed by atoms with E-state index in [2.05, 4.69) is 33.5 Å². The van der Waals surface area contributed by atoms with Crippen molar-refractivity contribution in [3.05, 3.63) is 30.3 Å². The Kier molecular flexibility index (Phi) is 5.25. The summed E-state index contributed by atoms with van der Waals surface area (Å²) < 4.78 is 1.75. The summed E-state index contributed by atoms with van der Waals surface area (Å²) in [7, 11) is 0. The van der Waals surface area contributed by atoms with E-state index in [1.807, 2.05) is 30.3 Å². The summed E-state index contributed by atoms with van der Waals surface area (Å²) in [6.07, 6.45) is 2.30. The molecule has 1 saturated heterocycles. The first kappa shape index (κ1) is 13.6. The van der Waals surface area contributed by atoms with Gasteiger partial charge in [-0.1, -0.05) is 18.2 Å². The molecule has 2 rings (SSSR count). The zero-order valence-electron chi connectivity index (χ0n) is 10.2. The van der Waals surface area contributed by atoms with Crippen LogP contribution in [0.1, 0.15) is 12.8 Å². The van der Waals surface area contributed by atoms with E-state index in [1.165, 1.54) is 0 Å². The Hall–Kier alpha value is -0.820. The van der Waals surface area contributed by atoms with Crippen molar-refractivity contribution >= 4 is 34.6 Å². The second kappa shape index (κ2) is 6.94. The number of nitrogens with one attached hydrogen (secondary N) is 2. The standard InChI is InChI=1S/C13H18IN3O/c14-17(10-11-6-8-15-9-7-11)13(18)16-12-4-2-1-3-5-12/h1-5,11,15H,6-10H2,(H,16,18). The fourth-order valence-electron chi connectivity index (χ4n) is 2.08. The number of hydrogen-bond acceptors (Lipinski definition) is 2. The molecule has 0 unspecified atom stereocenters. The lowest BCUT2D eigenvalue weighted by molar-refractivity contribution is 0.233. The van der Waals surface area contributed by atoms with Crippen molar-refractivity contribution in [2.75, 3.05) is 25.0 Å². The summed E-state index contributed by atoms with van der Waals surface area (Å²) in [6, 6.07) is 9.52. The molecule has 2 amide bonds. The van der Waals surface area contributed by atoms with Gasteiger partial charge in [0.2, 0.25) is 0 Å². The highest BCUT2D eigenvalue weighted by atomic mass is 127. The van der Waals surface area contributed by atoms with Crippen LogP contribution in [-0.4, -0.2) is 28.8 Å². The molecule has 98 valence electrons. The number of amides is 2. The third-order valence-electron chi connectivity index (χ3n) is 3.12. The third-order valence-corrected chi connectivity index (χ3v) is 3.95. The Morgan fingerprint density at radius 3 is 2.67 bits per heavy atom.